The summed E-state index contributed by atoms with van der Waals surface area (Å²) in [6, 6.07) is 0. The van der Waals surface area contributed by atoms with Gasteiger partial charge in [0.25, 0.3) is 0 Å². The molecule has 1 N–H and O–H groups in total. The van der Waals surface area contributed by atoms with Crippen molar-refractivity contribution < 1.29 is 68.3 Å². The molecule has 4 atom stereocenters. The fourth-order valence-electron chi connectivity index (χ4n) is 2.67. The molecule has 2 saturated heterocycles. The van der Waals surface area contributed by atoms with Gasteiger partial charge in [-0.15, -0.1) is 0 Å². The van der Waals surface area contributed by atoms with E-state index in [0.717, 1.165) is 0 Å². The Morgan fingerprint density at radius 3 is 2.26 bits per heavy atom. The van der Waals surface area contributed by atoms with Crippen molar-refractivity contribution >= 4 is 11.8 Å². The summed E-state index contributed by atoms with van der Waals surface area (Å²) in [4.78, 5) is 21.7. The quantitative estimate of drug-likeness (QED) is 0.395. The molecule has 126 valence electrons. The number of carbonyl (C=O) groups is 2. The zero-order chi connectivity index (χ0) is 16.7. The first-order chi connectivity index (χ1) is 10.0. The van der Waals surface area contributed by atoms with Gasteiger partial charge in [0.1, 0.15) is 24.3 Å². The van der Waals surface area contributed by atoms with Gasteiger partial charge in [0.15, 0.2) is 17.4 Å². The molecular formula is C14H21NaO8. The molecular weight excluding hydrogens is 319 g/mol. The van der Waals surface area contributed by atoms with Crippen molar-refractivity contribution in [2.45, 2.75) is 70.1 Å². The number of ketones is 1. The maximum absolute atomic E-state index is 11.2. The summed E-state index contributed by atoms with van der Waals surface area (Å²) >= 11 is 0. The number of carbonyl (C=O) groups excluding carboxylic acids is 2. The van der Waals surface area contributed by atoms with Crippen LogP contribution < -0.4 is 34.7 Å². The number of aliphatic hydroxyl groups is 1. The fourth-order valence-corrected chi connectivity index (χ4v) is 2.67. The Hall–Kier alpha value is -0.0600. The van der Waals surface area contributed by atoms with E-state index in [1.807, 2.05) is 0 Å². The molecule has 0 amide bonds. The zero-order valence-electron chi connectivity index (χ0n) is 14.0. The SMILES string of the molecule is CC1(C)O[C@@H]([C@@H]2COC(C)(C)O2)[C@H]([C@@H](O)CC(=O)C(=O)[O-])O1.[Na+]. The van der Waals surface area contributed by atoms with E-state index in [9.17, 15) is 19.8 Å². The number of hydrogen-bond donors (Lipinski definition) is 1. The summed E-state index contributed by atoms with van der Waals surface area (Å²) in [6.45, 7) is 7.06. The van der Waals surface area contributed by atoms with Crippen molar-refractivity contribution in [3.8, 4) is 0 Å². The molecule has 0 aromatic carbocycles. The average molecular weight is 340 g/mol. The number of aliphatic hydroxyl groups excluding tert-OH is 1. The van der Waals surface area contributed by atoms with Crippen molar-refractivity contribution in [1.29, 1.82) is 0 Å². The van der Waals surface area contributed by atoms with E-state index >= 15 is 0 Å². The molecule has 0 aliphatic carbocycles. The Morgan fingerprint density at radius 1 is 1.17 bits per heavy atom. The topological polar surface area (TPSA) is 114 Å². The van der Waals surface area contributed by atoms with Crippen molar-refractivity contribution in [2.24, 2.45) is 0 Å². The number of aliphatic carboxylic acids is 1. The molecule has 2 aliphatic heterocycles. The first-order valence-corrected chi connectivity index (χ1v) is 7.10. The minimum atomic E-state index is -1.84. The van der Waals surface area contributed by atoms with Crippen LogP contribution in [0.25, 0.3) is 0 Å². The molecule has 2 fully saturated rings. The van der Waals surface area contributed by atoms with Crippen LogP contribution in [0.3, 0.4) is 0 Å². The van der Waals surface area contributed by atoms with Gasteiger partial charge in [0.05, 0.1) is 12.7 Å². The van der Waals surface area contributed by atoms with Crippen molar-refractivity contribution in [3.05, 3.63) is 0 Å². The number of Topliss-reactive ketones (excluding diaryl/α,β-unsaturated/α-hetero) is 1. The summed E-state index contributed by atoms with van der Waals surface area (Å²) in [5.74, 6) is -4.80. The molecule has 0 spiro atoms. The van der Waals surface area contributed by atoms with E-state index in [2.05, 4.69) is 0 Å². The second kappa shape index (κ2) is 7.45. The summed E-state index contributed by atoms with van der Waals surface area (Å²) in [6.07, 6.45) is -4.03. The van der Waals surface area contributed by atoms with Crippen LogP contribution in [0.5, 0.6) is 0 Å². The van der Waals surface area contributed by atoms with Gasteiger partial charge in [-0.1, -0.05) is 0 Å². The number of rotatable bonds is 5. The van der Waals surface area contributed by atoms with Crippen molar-refractivity contribution in [2.75, 3.05) is 6.61 Å². The van der Waals surface area contributed by atoms with Gasteiger partial charge >= 0.3 is 29.6 Å². The summed E-state index contributed by atoms with van der Waals surface area (Å²) in [5.41, 5.74) is 0. The molecule has 0 aromatic rings. The fraction of sp³-hybridized carbons (Fsp3) is 0.857. The van der Waals surface area contributed by atoms with Gasteiger partial charge in [-0.3, -0.25) is 4.79 Å². The number of carboxylic acids is 1. The van der Waals surface area contributed by atoms with Gasteiger partial charge in [-0.05, 0) is 27.7 Å². The minimum absolute atomic E-state index is 0. The molecule has 0 radical (unpaired) electrons. The summed E-state index contributed by atoms with van der Waals surface area (Å²) in [5, 5.41) is 20.7. The van der Waals surface area contributed by atoms with Crippen LogP contribution in [0.2, 0.25) is 0 Å². The van der Waals surface area contributed by atoms with Gasteiger partial charge in [0.2, 0.25) is 0 Å². The molecule has 0 saturated carbocycles. The smallest absolute Gasteiger partial charge is 0.542 e. The zero-order valence-corrected chi connectivity index (χ0v) is 16.0. The predicted molar refractivity (Wildman–Crippen MR) is 69.4 cm³/mol. The number of ether oxygens (including phenoxy) is 4. The Balaban J connectivity index is 0.00000264. The predicted octanol–water partition coefficient (Wildman–Crippen LogP) is -4.27. The molecule has 0 unspecified atom stereocenters. The van der Waals surface area contributed by atoms with Gasteiger partial charge < -0.3 is 34.0 Å². The van der Waals surface area contributed by atoms with E-state index in [1.54, 1.807) is 27.7 Å². The largest absolute Gasteiger partial charge is 1.00 e. The average Bonchev–Trinajstić information content (AvgIpc) is 2.88. The van der Waals surface area contributed by atoms with Crippen LogP contribution in [0, 0.1) is 0 Å². The first-order valence-electron chi connectivity index (χ1n) is 7.10. The van der Waals surface area contributed by atoms with Gasteiger partial charge in [-0.25, -0.2) is 0 Å². The van der Waals surface area contributed by atoms with E-state index in [0.29, 0.717) is 0 Å². The first kappa shape index (κ1) is 21.0. The van der Waals surface area contributed by atoms with E-state index < -0.39 is 54.2 Å². The standard InChI is InChI=1S/C14H22O8.Na/c1-13(2)19-6-9(20-13)11-10(21-14(3,4)22-11)7(15)5-8(16)12(17)18;/h7,9-11,15H,5-6H2,1-4H3,(H,17,18);/q;+1/p-1/t7-,9-,10-,11-;/m0./s1. The number of hydrogen-bond acceptors (Lipinski definition) is 8. The minimum Gasteiger partial charge on any atom is -0.542 e. The third-order valence-corrected chi connectivity index (χ3v) is 3.56. The van der Waals surface area contributed by atoms with Crippen LogP contribution in [-0.2, 0) is 28.5 Å². The Morgan fingerprint density at radius 2 is 1.78 bits per heavy atom. The van der Waals surface area contributed by atoms with Crippen LogP contribution in [0.1, 0.15) is 34.1 Å². The monoisotopic (exact) mass is 340 g/mol. The Kier molecular flexibility index (Phi) is 6.79. The maximum Gasteiger partial charge on any atom is 1.00 e. The van der Waals surface area contributed by atoms with Crippen LogP contribution in [0.4, 0.5) is 0 Å². The molecule has 2 heterocycles. The number of carboxylic acid groups (broad SMARTS) is 1. The van der Waals surface area contributed by atoms with Crippen molar-refractivity contribution in [1.82, 2.24) is 0 Å². The normalized spacial score (nSPS) is 33.0. The molecule has 8 nitrogen and oxygen atoms in total. The third kappa shape index (κ3) is 5.20. The van der Waals surface area contributed by atoms with Gasteiger partial charge in [-0.2, -0.15) is 0 Å². The second-order valence-corrected chi connectivity index (χ2v) is 6.41. The van der Waals surface area contributed by atoms with E-state index in [-0.39, 0.29) is 36.2 Å². The maximum atomic E-state index is 11.2. The molecule has 2 rings (SSSR count). The van der Waals surface area contributed by atoms with Gasteiger partial charge in [0, 0.05) is 6.42 Å². The van der Waals surface area contributed by atoms with E-state index in [1.165, 1.54) is 0 Å². The second-order valence-electron chi connectivity index (χ2n) is 6.41. The summed E-state index contributed by atoms with van der Waals surface area (Å²) < 4.78 is 22.5. The summed E-state index contributed by atoms with van der Waals surface area (Å²) in [7, 11) is 0. The van der Waals surface area contributed by atoms with Crippen LogP contribution >= 0.6 is 0 Å². The van der Waals surface area contributed by atoms with Crippen LogP contribution in [0.15, 0.2) is 0 Å². The molecule has 23 heavy (non-hydrogen) atoms. The Bertz CT molecular complexity index is 464. The molecule has 0 aromatic heterocycles. The molecule has 0 bridgehead atoms. The van der Waals surface area contributed by atoms with Crippen LogP contribution in [-0.4, -0.2) is 59.5 Å². The third-order valence-electron chi connectivity index (χ3n) is 3.56. The Labute approximate surface area is 156 Å². The molecule has 9 heteroatoms. The van der Waals surface area contributed by atoms with E-state index in [4.69, 9.17) is 18.9 Å². The van der Waals surface area contributed by atoms with Crippen molar-refractivity contribution in [3.63, 3.8) is 0 Å². The molecule has 2 aliphatic rings.